The number of fused-ring (bicyclic) bond motifs is 1. The highest BCUT2D eigenvalue weighted by atomic mass is 32.2. The lowest BCUT2D eigenvalue weighted by Crippen LogP contribution is -2.34. The van der Waals surface area contributed by atoms with Crippen molar-refractivity contribution in [3.63, 3.8) is 0 Å². The minimum atomic E-state index is -4.34. The first-order chi connectivity index (χ1) is 14.3. The molecule has 0 aliphatic carbocycles. The van der Waals surface area contributed by atoms with E-state index in [1.807, 2.05) is 12.3 Å². The second-order valence-corrected chi connectivity index (χ2v) is 8.84. The number of aromatic nitrogens is 1. The fourth-order valence-corrected chi connectivity index (χ4v) is 4.64. The maximum Gasteiger partial charge on any atom is 0.416 e. The lowest BCUT2D eigenvalue weighted by atomic mass is 10.0. The van der Waals surface area contributed by atoms with Crippen molar-refractivity contribution >= 4 is 38.1 Å². The van der Waals surface area contributed by atoms with Gasteiger partial charge >= 0.3 is 6.18 Å². The van der Waals surface area contributed by atoms with Crippen LogP contribution in [0.25, 0.3) is 15.0 Å². The molecule has 4 nitrogen and oxygen atoms in total. The summed E-state index contributed by atoms with van der Waals surface area (Å²) in [5.74, 6) is 0. The summed E-state index contributed by atoms with van der Waals surface area (Å²) in [4.78, 5) is 6.01. The number of nitrogens with one attached hydrogen (secondary N) is 1. The number of alkyl halides is 3. The summed E-state index contributed by atoms with van der Waals surface area (Å²) < 4.78 is 39.0. The van der Waals surface area contributed by atoms with Gasteiger partial charge in [0.15, 0.2) is 0 Å². The van der Waals surface area contributed by atoms with Crippen LogP contribution in [-0.4, -0.2) is 17.6 Å². The van der Waals surface area contributed by atoms with E-state index in [1.165, 1.54) is 30.1 Å². The molecule has 9 heteroatoms. The van der Waals surface area contributed by atoms with Crippen LogP contribution in [0.15, 0.2) is 66.6 Å². The third kappa shape index (κ3) is 5.78. The molecule has 30 heavy (non-hydrogen) atoms. The van der Waals surface area contributed by atoms with Crippen LogP contribution in [0.4, 0.5) is 13.2 Å². The van der Waals surface area contributed by atoms with E-state index >= 15 is 0 Å². The first-order valence-electron chi connectivity index (χ1n) is 9.04. The molecule has 158 valence electrons. The molecule has 2 aromatic heterocycles. The lowest BCUT2D eigenvalue weighted by molar-refractivity contribution is -0.137. The monoisotopic (exact) mass is 450 g/mol. The van der Waals surface area contributed by atoms with E-state index in [4.69, 9.17) is 11.5 Å². The van der Waals surface area contributed by atoms with Crippen LogP contribution in [0.3, 0.4) is 0 Å². The molecule has 0 amide bonds. The van der Waals surface area contributed by atoms with Crippen LogP contribution in [0, 0.1) is 0 Å². The van der Waals surface area contributed by atoms with Gasteiger partial charge in [-0.1, -0.05) is 30.5 Å². The van der Waals surface area contributed by atoms with Crippen molar-refractivity contribution in [1.82, 2.24) is 10.3 Å². The maximum atomic E-state index is 12.6. The fourth-order valence-electron chi connectivity index (χ4n) is 2.79. The minimum Gasteiger partial charge on any atom is -0.404 e. The summed E-state index contributed by atoms with van der Waals surface area (Å²) in [5.41, 5.74) is 12.0. The summed E-state index contributed by atoms with van der Waals surface area (Å²) >= 11 is 3.00. The number of thioether (sulfide) groups is 1. The Hall–Kier alpha value is -2.49. The average molecular weight is 451 g/mol. The molecule has 0 saturated carbocycles. The third-order valence-corrected chi connectivity index (χ3v) is 6.51. The largest absolute Gasteiger partial charge is 0.416 e. The number of halogens is 3. The van der Waals surface area contributed by atoms with Gasteiger partial charge in [0.1, 0.15) is 0 Å². The number of thiophene rings is 1. The van der Waals surface area contributed by atoms with E-state index in [2.05, 4.69) is 22.9 Å². The van der Waals surface area contributed by atoms with Gasteiger partial charge in [0.2, 0.25) is 0 Å². The van der Waals surface area contributed by atoms with Crippen LogP contribution in [0.1, 0.15) is 16.0 Å². The van der Waals surface area contributed by atoms with E-state index in [0.29, 0.717) is 18.0 Å². The molecule has 0 aliphatic heterocycles. The summed E-state index contributed by atoms with van der Waals surface area (Å²) in [6.07, 6.45) is 1.21. The molecule has 0 saturated heterocycles. The molecular formula is C21H21F3N4S2. The smallest absolute Gasteiger partial charge is 0.404 e. The number of pyridine rings is 1. The van der Waals surface area contributed by atoms with Gasteiger partial charge in [-0.3, -0.25) is 4.98 Å². The minimum absolute atomic E-state index is 0.278. The summed E-state index contributed by atoms with van der Waals surface area (Å²) in [6, 6.07) is 8.78. The van der Waals surface area contributed by atoms with Crippen molar-refractivity contribution in [1.29, 1.82) is 0 Å². The van der Waals surface area contributed by atoms with Crippen molar-refractivity contribution < 1.29 is 13.2 Å². The van der Waals surface area contributed by atoms with Gasteiger partial charge in [0, 0.05) is 41.0 Å². The zero-order valence-corrected chi connectivity index (χ0v) is 17.6. The second-order valence-electron chi connectivity index (χ2n) is 6.62. The van der Waals surface area contributed by atoms with Crippen LogP contribution in [0.5, 0.6) is 0 Å². The highest BCUT2D eigenvalue weighted by molar-refractivity contribution is 8.11. The number of nitrogens with two attached hydrogens (primary N) is 2. The summed E-state index contributed by atoms with van der Waals surface area (Å²) in [5, 5.41) is 4.95. The normalized spacial score (nSPS) is 13.4. The number of nitrogens with zero attached hydrogens (tertiary/aromatic N) is 1. The fraction of sp³-hybridized carbons (Fsp3) is 0.190. The molecule has 1 aromatic carbocycles. The van der Waals surface area contributed by atoms with Gasteiger partial charge in [-0.15, -0.1) is 11.3 Å². The lowest BCUT2D eigenvalue weighted by Gasteiger charge is -2.16. The van der Waals surface area contributed by atoms with Gasteiger partial charge < -0.3 is 16.8 Å². The zero-order chi connectivity index (χ0) is 21.7. The molecule has 0 radical (unpaired) electrons. The van der Waals surface area contributed by atoms with E-state index in [9.17, 15) is 13.2 Å². The van der Waals surface area contributed by atoms with Crippen LogP contribution >= 0.6 is 23.1 Å². The summed E-state index contributed by atoms with van der Waals surface area (Å²) in [6.45, 7) is 4.44. The van der Waals surface area contributed by atoms with Gasteiger partial charge in [0.05, 0.1) is 15.3 Å². The quantitative estimate of drug-likeness (QED) is 0.453. The first kappa shape index (κ1) is 22.2. The number of benzene rings is 1. The Morgan fingerprint density at radius 2 is 2.00 bits per heavy atom. The predicted octanol–water partition coefficient (Wildman–Crippen LogP) is 4.94. The number of hydrogen-bond donors (Lipinski definition) is 3. The molecule has 2 heterocycles. The highest BCUT2D eigenvalue weighted by Gasteiger charge is 2.29. The molecular weight excluding hydrogens is 429 g/mol. The highest BCUT2D eigenvalue weighted by Crippen LogP contribution is 2.37. The Bertz CT molecular complexity index is 1010. The van der Waals surface area contributed by atoms with Gasteiger partial charge in [0.25, 0.3) is 0 Å². The molecule has 1 atom stereocenters. The maximum absolute atomic E-state index is 12.6. The van der Waals surface area contributed by atoms with Gasteiger partial charge in [-0.2, -0.15) is 13.2 Å². The van der Waals surface area contributed by atoms with Crippen molar-refractivity contribution in [3.05, 3.63) is 82.6 Å². The molecule has 0 unspecified atom stereocenters. The number of rotatable bonds is 8. The van der Waals surface area contributed by atoms with Crippen LogP contribution in [-0.2, 0) is 12.6 Å². The molecule has 3 aromatic rings. The molecule has 0 fully saturated rings. The Morgan fingerprint density at radius 1 is 1.27 bits per heavy atom. The zero-order valence-electron chi connectivity index (χ0n) is 15.9. The molecule has 0 aliphatic rings. The van der Waals surface area contributed by atoms with Crippen LogP contribution in [0.2, 0.25) is 0 Å². The number of hydrogen-bond acceptors (Lipinski definition) is 6. The van der Waals surface area contributed by atoms with Crippen molar-refractivity contribution in [3.8, 4) is 0 Å². The molecule has 0 bridgehead atoms. The second kappa shape index (κ2) is 9.55. The van der Waals surface area contributed by atoms with Crippen LogP contribution < -0.4 is 16.8 Å². The van der Waals surface area contributed by atoms with Crippen molar-refractivity contribution in [2.24, 2.45) is 11.5 Å². The molecule has 3 rings (SSSR count). The SMILES string of the molecule is C=C(NC[C@@H](N)Cc1ccc(C(F)(F)F)cc1)S/C(=C\N)c1cc2ccncc2s1. The van der Waals surface area contributed by atoms with E-state index in [0.717, 1.165) is 37.6 Å². The Kier molecular flexibility index (Phi) is 7.06. The topological polar surface area (TPSA) is 77.0 Å². The van der Waals surface area contributed by atoms with E-state index < -0.39 is 11.7 Å². The Labute approximate surface area is 180 Å². The third-order valence-electron chi connectivity index (χ3n) is 4.29. The molecule has 0 spiro atoms. The Balaban J connectivity index is 1.51. The predicted molar refractivity (Wildman–Crippen MR) is 120 cm³/mol. The summed E-state index contributed by atoms with van der Waals surface area (Å²) in [7, 11) is 0. The van der Waals surface area contributed by atoms with E-state index in [-0.39, 0.29) is 6.04 Å². The van der Waals surface area contributed by atoms with Crippen molar-refractivity contribution in [2.45, 2.75) is 18.6 Å². The van der Waals surface area contributed by atoms with Gasteiger partial charge in [-0.05, 0) is 41.6 Å². The standard InChI is InChI=1S/C21H21F3N4S2/c1-13(29-19(10-25)18-9-15-6-7-27-12-20(15)30-18)28-11-17(26)8-14-2-4-16(5-3-14)21(22,23)24/h2-7,9-10,12,17,28H,1,8,11,25-26H2/b19-10-/t17-/m0/s1. The Morgan fingerprint density at radius 3 is 2.63 bits per heavy atom. The van der Waals surface area contributed by atoms with Crippen molar-refractivity contribution in [2.75, 3.05) is 6.54 Å². The molecule has 5 N–H and O–H groups in total. The average Bonchev–Trinajstić information content (AvgIpc) is 3.14. The first-order valence-corrected chi connectivity index (χ1v) is 10.7. The van der Waals surface area contributed by atoms with Gasteiger partial charge in [-0.25, -0.2) is 0 Å². The van der Waals surface area contributed by atoms with E-state index in [1.54, 1.807) is 17.5 Å².